The van der Waals surface area contributed by atoms with Crippen LogP contribution in [0.3, 0.4) is 0 Å². The normalized spacial score (nSPS) is 10.4. The number of carbonyl (C=O) groups is 1. The first-order valence-corrected chi connectivity index (χ1v) is 7.44. The Morgan fingerprint density at radius 2 is 2.04 bits per heavy atom. The summed E-state index contributed by atoms with van der Waals surface area (Å²) in [5.74, 6) is -0.449. The average Bonchev–Trinajstić information content (AvgIpc) is 3.14. The maximum absolute atomic E-state index is 12.7. The first-order valence-electron chi connectivity index (χ1n) is 7.44. The second-order valence-corrected chi connectivity index (χ2v) is 5.36. The Hall–Kier alpha value is -3.67. The third-order valence-electron chi connectivity index (χ3n) is 3.76. The molecule has 0 spiro atoms. The zero-order valence-electron chi connectivity index (χ0n) is 13.7. The van der Waals surface area contributed by atoms with Gasteiger partial charge in [-0.2, -0.15) is 5.26 Å². The van der Waals surface area contributed by atoms with E-state index in [1.807, 2.05) is 30.3 Å². The van der Waals surface area contributed by atoms with Gasteiger partial charge < -0.3 is 5.32 Å². The van der Waals surface area contributed by atoms with E-state index >= 15 is 0 Å². The molecule has 2 heterocycles. The van der Waals surface area contributed by atoms with Gasteiger partial charge in [-0.3, -0.25) is 14.3 Å². The summed E-state index contributed by atoms with van der Waals surface area (Å²) >= 11 is 0. The van der Waals surface area contributed by atoms with Crippen molar-refractivity contribution in [3.8, 4) is 11.8 Å². The highest BCUT2D eigenvalue weighted by Gasteiger charge is 2.18. The zero-order chi connectivity index (χ0) is 18.0. The zero-order valence-corrected chi connectivity index (χ0v) is 13.7. The highest BCUT2D eigenvalue weighted by atomic mass is 16.2. The summed E-state index contributed by atoms with van der Waals surface area (Å²) in [6, 6.07) is 10.9. The molecule has 0 saturated heterocycles. The van der Waals surface area contributed by atoms with Crippen LogP contribution in [0.2, 0.25) is 0 Å². The quantitative estimate of drug-likeness (QED) is 0.749. The van der Waals surface area contributed by atoms with Crippen molar-refractivity contribution in [3.05, 3.63) is 58.5 Å². The van der Waals surface area contributed by atoms with E-state index < -0.39 is 5.91 Å². The van der Waals surface area contributed by atoms with E-state index in [0.717, 1.165) is 0 Å². The maximum atomic E-state index is 12.7. The van der Waals surface area contributed by atoms with Gasteiger partial charge in [0, 0.05) is 7.05 Å². The molecule has 25 heavy (non-hydrogen) atoms. The van der Waals surface area contributed by atoms with Gasteiger partial charge in [-0.15, -0.1) is 5.10 Å². The van der Waals surface area contributed by atoms with Crippen LogP contribution in [-0.2, 0) is 18.4 Å². The summed E-state index contributed by atoms with van der Waals surface area (Å²) < 4.78 is 4.40. The van der Waals surface area contributed by atoms with Gasteiger partial charge in [0.2, 0.25) is 5.91 Å². The molecule has 0 saturated carbocycles. The van der Waals surface area contributed by atoms with Crippen molar-refractivity contribution >= 4 is 11.6 Å². The first-order chi connectivity index (χ1) is 12.0. The van der Waals surface area contributed by atoms with Crippen molar-refractivity contribution in [2.24, 2.45) is 7.05 Å². The van der Waals surface area contributed by atoms with E-state index in [9.17, 15) is 9.59 Å². The van der Waals surface area contributed by atoms with Crippen LogP contribution in [0.25, 0.3) is 5.69 Å². The standard InChI is InChI=1S/C16H15N7O2/c1-11-15(19-14(24)9-22-10-18-13(8-17)20-22)16(25)23(21(11)2)12-6-4-3-5-7-12/h3-7,10H,9H2,1-2H3,(H,19,24). The Bertz CT molecular complexity index is 1020. The SMILES string of the molecule is Cc1c(NC(=O)Cn2cnc(C#N)n2)c(=O)n(-c2ccccc2)n1C. The fourth-order valence-corrected chi connectivity index (χ4v) is 2.46. The van der Waals surface area contributed by atoms with Gasteiger partial charge in [-0.25, -0.2) is 14.3 Å². The fourth-order valence-electron chi connectivity index (χ4n) is 2.46. The van der Waals surface area contributed by atoms with Crippen LogP contribution >= 0.6 is 0 Å². The van der Waals surface area contributed by atoms with E-state index in [0.29, 0.717) is 11.4 Å². The number of benzene rings is 1. The van der Waals surface area contributed by atoms with E-state index in [1.54, 1.807) is 24.7 Å². The van der Waals surface area contributed by atoms with E-state index in [1.165, 1.54) is 15.7 Å². The average molecular weight is 337 g/mol. The summed E-state index contributed by atoms with van der Waals surface area (Å²) in [6.07, 6.45) is 1.29. The predicted molar refractivity (Wildman–Crippen MR) is 89.1 cm³/mol. The van der Waals surface area contributed by atoms with Crippen molar-refractivity contribution < 1.29 is 4.79 Å². The van der Waals surface area contributed by atoms with Crippen LogP contribution < -0.4 is 10.9 Å². The third kappa shape index (κ3) is 3.05. The van der Waals surface area contributed by atoms with E-state index in [4.69, 9.17) is 5.26 Å². The van der Waals surface area contributed by atoms with Gasteiger partial charge in [0.25, 0.3) is 11.4 Å². The number of nitrogens with zero attached hydrogens (tertiary/aromatic N) is 6. The summed E-state index contributed by atoms with van der Waals surface area (Å²) in [5, 5.41) is 15.1. The van der Waals surface area contributed by atoms with Gasteiger partial charge in [0.1, 0.15) is 24.6 Å². The molecule has 0 aliphatic rings. The molecule has 0 aliphatic heterocycles. The van der Waals surface area contributed by atoms with Crippen LogP contribution in [0.15, 0.2) is 41.5 Å². The molecule has 1 aromatic carbocycles. The molecule has 0 bridgehead atoms. The smallest absolute Gasteiger partial charge is 0.295 e. The maximum Gasteiger partial charge on any atom is 0.295 e. The number of nitrogens with one attached hydrogen (secondary N) is 1. The molecule has 0 atom stereocenters. The third-order valence-corrected chi connectivity index (χ3v) is 3.76. The minimum Gasteiger partial charge on any atom is -0.318 e. The number of rotatable bonds is 4. The lowest BCUT2D eigenvalue weighted by Crippen LogP contribution is -2.25. The van der Waals surface area contributed by atoms with E-state index in [2.05, 4.69) is 15.4 Å². The number of anilines is 1. The fraction of sp³-hybridized carbons (Fsp3) is 0.188. The van der Waals surface area contributed by atoms with Crippen LogP contribution in [0.5, 0.6) is 0 Å². The molecule has 9 nitrogen and oxygen atoms in total. The van der Waals surface area contributed by atoms with Crippen molar-refractivity contribution in [2.75, 3.05) is 5.32 Å². The Balaban J connectivity index is 1.87. The van der Waals surface area contributed by atoms with Gasteiger partial charge >= 0.3 is 0 Å². The summed E-state index contributed by atoms with van der Waals surface area (Å²) in [7, 11) is 1.75. The molecule has 9 heteroatoms. The summed E-state index contributed by atoms with van der Waals surface area (Å²) in [4.78, 5) is 28.6. The highest BCUT2D eigenvalue weighted by molar-refractivity contribution is 5.90. The molecule has 126 valence electrons. The van der Waals surface area contributed by atoms with E-state index in [-0.39, 0.29) is 23.6 Å². The molecule has 2 aromatic heterocycles. The van der Waals surface area contributed by atoms with Crippen molar-refractivity contribution in [1.29, 1.82) is 5.26 Å². The predicted octanol–water partition coefficient (Wildman–Crippen LogP) is 0.586. The van der Waals surface area contributed by atoms with Crippen molar-refractivity contribution in [3.63, 3.8) is 0 Å². The summed E-state index contributed by atoms with van der Waals surface area (Å²) in [5.41, 5.74) is 1.21. The number of hydrogen-bond donors (Lipinski definition) is 1. The van der Waals surface area contributed by atoms with Crippen LogP contribution in [0.4, 0.5) is 5.69 Å². The van der Waals surface area contributed by atoms with Crippen LogP contribution in [-0.4, -0.2) is 30.0 Å². The molecule has 1 amide bonds. The molecular formula is C16H15N7O2. The lowest BCUT2D eigenvalue weighted by Gasteiger charge is -2.07. The first kappa shape index (κ1) is 16.2. The second-order valence-electron chi connectivity index (χ2n) is 5.36. The van der Waals surface area contributed by atoms with Crippen molar-refractivity contribution in [2.45, 2.75) is 13.5 Å². The minimum absolute atomic E-state index is 0.0184. The second kappa shape index (κ2) is 6.45. The highest BCUT2D eigenvalue weighted by Crippen LogP contribution is 2.13. The molecular weight excluding hydrogens is 322 g/mol. The number of hydrogen-bond acceptors (Lipinski definition) is 5. The molecule has 1 N–H and O–H groups in total. The molecule has 3 rings (SSSR count). The van der Waals surface area contributed by atoms with Crippen molar-refractivity contribution in [1.82, 2.24) is 24.1 Å². The topological polar surface area (TPSA) is 111 Å². The van der Waals surface area contributed by atoms with Gasteiger partial charge in [-0.1, -0.05) is 18.2 Å². The summed E-state index contributed by atoms with van der Waals surface area (Å²) in [6.45, 7) is 1.60. The molecule has 0 radical (unpaired) electrons. The van der Waals surface area contributed by atoms with Crippen LogP contribution in [0.1, 0.15) is 11.5 Å². The van der Waals surface area contributed by atoms with Crippen LogP contribution in [0, 0.1) is 18.3 Å². The van der Waals surface area contributed by atoms with Gasteiger partial charge in [-0.05, 0) is 19.1 Å². The molecule has 0 fully saturated rings. The number of aromatic nitrogens is 5. The number of carbonyl (C=O) groups excluding carboxylic acids is 1. The lowest BCUT2D eigenvalue weighted by atomic mass is 10.3. The monoisotopic (exact) mass is 337 g/mol. The number of para-hydroxylation sites is 1. The largest absolute Gasteiger partial charge is 0.318 e. The van der Waals surface area contributed by atoms with Gasteiger partial charge in [0.15, 0.2) is 0 Å². The number of amides is 1. The number of nitriles is 1. The Kier molecular flexibility index (Phi) is 4.18. The molecule has 0 aliphatic carbocycles. The Morgan fingerprint density at radius 3 is 2.68 bits per heavy atom. The Labute approximate surface area is 142 Å². The Morgan fingerprint density at radius 1 is 1.32 bits per heavy atom. The molecule has 3 aromatic rings. The lowest BCUT2D eigenvalue weighted by molar-refractivity contribution is -0.116. The van der Waals surface area contributed by atoms with Gasteiger partial charge in [0.05, 0.1) is 11.4 Å². The molecule has 0 unspecified atom stereocenters. The minimum atomic E-state index is -0.430.